The standard InChI is InChI=1S/C14H25NO5/c1-14(2,3)9-11(16)15-10(13(19)20)7-5-4-6-8-12(17)18/h10H,4-9H2,1-3H3,(H,15,16)(H,17,18)(H,19,20). The summed E-state index contributed by atoms with van der Waals surface area (Å²) in [6, 6.07) is -0.894. The zero-order chi connectivity index (χ0) is 15.8. The van der Waals surface area contributed by atoms with E-state index in [-0.39, 0.29) is 24.2 Å². The van der Waals surface area contributed by atoms with Gasteiger partial charge < -0.3 is 15.5 Å². The second-order valence-electron chi connectivity index (χ2n) is 6.19. The summed E-state index contributed by atoms with van der Waals surface area (Å²) in [7, 11) is 0. The average molecular weight is 287 g/mol. The zero-order valence-corrected chi connectivity index (χ0v) is 12.4. The average Bonchev–Trinajstić information content (AvgIpc) is 2.23. The zero-order valence-electron chi connectivity index (χ0n) is 12.4. The molecule has 116 valence electrons. The SMILES string of the molecule is CC(C)(C)CC(=O)NC(CCCCCC(=O)O)C(=O)O. The van der Waals surface area contributed by atoms with Gasteiger partial charge in [0, 0.05) is 12.8 Å². The molecule has 1 amide bonds. The van der Waals surface area contributed by atoms with E-state index >= 15 is 0 Å². The van der Waals surface area contributed by atoms with E-state index < -0.39 is 18.0 Å². The van der Waals surface area contributed by atoms with Gasteiger partial charge in [0.2, 0.25) is 5.91 Å². The summed E-state index contributed by atoms with van der Waals surface area (Å²) in [5.74, 6) is -2.17. The van der Waals surface area contributed by atoms with E-state index in [4.69, 9.17) is 10.2 Å². The number of carboxylic acids is 2. The Morgan fingerprint density at radius 1 is 1.05 bits per heavy atom. The molecular weight excluding hydrogens is 262 g/mol. The predicted octanol–water partition coefficient (Wildman–Crippen LogP) is 2.03. The Morgan fingerprint density at radius 2 is 1.65 bits per heavy atom. The van der Waals surface area contributed by atoms with Gasteiger partial charge in [0.25, 0.3) is 0 Å². The summed E-state index contributed by atoms with van der Waals surface area (Å²) in [5.41, 5.74) is -0.186. The minimum Gasteiger partial charge on any atom is -0.481 e. The Labute approximate surface area is 119 Å². The topological polar surface area (TPSA) is 104 Å². The maximum Gasteiger partial charge on any atom is 0.326 e. The molecule has 0 aliphatic rings. The molecule has 1 atom stereocenters. The molecule has 20 heavy (non-hydrogen) atoms. The molecule has 0 bridgehead atoms. The van der Waals surface area contributed by atoms with E-state index in [2.05, 4.69) is 5.32 Å². The summed E-state index contributed by atoms with van der Waals surface area (Å²) in [4.78, 5) is 33.1. The number of unbranched alkanes of at least 4 members (excludes halogenated alkanes) is 2. The van der Waals surface area contributed by atoms with Crippen LogP contribution in [-0.2, 0) is 14.4 Å². The third-order valence-corrected chi connectivity index (χ3v) is 2.71. The molecule has 0 rings (SSSR count). The highest BCUT2D eigenvalue weighted by atomic mass is 16.4. The minimum absolute atomic E-state index is 0.0914. The molecule has 0 aromatic heterocycles. The van der Waals surface area contributed by atoms with Gasteiger partial charge in [-0.2, -0.15) is 0 Å². The van der Waals surface area contributed by atoms with Gasteiger partial charge >= 0.3 is 11.9 Å². The van der Waals surface area contributed by atoms with Gasteiger partial charge in [0.15, 0.2) is 0 Å². The maximum absolute atomic E-state index is 11.7. The van der Waals surface area contributed by atoms with Gasteiger partial charge in [0.1, 0.15) is 6.04 Å². The summed E-state index contributed by atoms with van der Waals surface area (Å²) in [5, 5.41) is 20.1. The van der Waals surface area contributed by atoms with Gasteiger partial charge in [-0.15, -0.1) is 0 Å². The Morgan fingerprint density at radius 3 is 2.10 bits per heavy atom. The second-order valence-corrected chi connectivity index (χ2v) is 6.19. The Kier molecular flexibility index (Phi) is 7.87. The van der Waals surface area contributed by atoms with Crippen LogP contribution in [0.3, 0.4) is 0 Å². The van der Waals surface area contributed by atoms with Crippen LogP contribution in [0.25, 0.3) is 0 Å². The summed E-state index contributed by atoms with van der Waals surface area (Å²) < 4.78 is 0. The number of hydrogen-bond donors (Lipinski definition) is 3. The van der Waals surface area contributed by atoms with Crippen molar-refractivity contribution in [3.63, 3.8) is 0 Å². The predicted molar refractivity (Wildman–Crippen MR) is 74.4 cm³/mol. The molecular formula is C14H25NO5. The number of aliphatic carboxylic acids is 2. The minimum atomic E-state index is -1.05. The highest BCUT2D eigenvalue weighted by molar-refractivity contribution is 5.83. The fourth-order valence-electron chi connectivity index (χ4n) is 1.79. The van der Waals surface area contributed by atoms with Crippen molar-refractivity contribution in [1.29, 1.82) is 0 Å². The molecule has 0 aliphatic carbocycles. The van der Waals surface area contributed by atoms with Crippen LogP contribution < -0.4 is 5.32 Å². The van der Waals surface area contributed by atoms with Crippen molar-refractivity contribution >= 4 is 17.8 Å². The van der Waals surface area contributed by atoms with E-state index in [1.807, 2.05) is 20.8 Å². The van der Waals surface area contributed by atoms with Gasteiger partial charge in [-0.25, -0.2) is 4.79 Å². The Hall–Kier alpha value is -1.59. The molecule has 0 spiro atoms. The first kappa shape index (κ1) is 18.4. The first-order chi connectivity index (χ1) is 9.11. The van der Waals surface area contributed by atoms with Gasteiger partial charge in [0.05, 0.1) is 0 Å². The van der Waals surface area contributed by atoms with Gasteiger partial charge in [-0.3, -0.25) is 9.59 Å². The van der Waals surface area contributed by atoms with Crippen molar-refractivity contribution in [2.24, 2.45) is 5.41 Å². The largest absolute Gasteiger partial charge is 0.481 e. The lowest BCUT2D eigenvalue weighted by molar-refractivity contribution is -0.142. The second kappa shape index (κ2) is 8.55. The maximum atomic E-state index is 11.7. The lowest BCUT2D eigenvalue weighted by atomic mass is 9.91. The van der Waals surface area contributed by atoms with E-state index in [1.165, 1.54) is 0 Å². The van der Waals surface area contributed by atoms with Gasteiger partial charge in [-0.05, 0) is 18.3 Å². The smallest absolute Gasteiger partial charge is 0.326 e. The van der Waals surface area contributed by atoms with Crippen LogP contribution in [0.15, 0.2) is 0 Å². The molecule has 0 aromatic rings. The van der Waals surface area contributed by atoms with Crippen molar-refractivity contribution in [2.75, 3.05) is 0 Å². The van der Waals surface area contributed by atoms with E-state index in [1.54, 1.807) is 0 Å². The molecule has 0 saturated carbocycles. The number of carbonyl (C=O) groups excluding carboxylic acids is 1. The number of hydrogen-bond acceptors (Lipinski definition) is 3. The highest BCUT2D eigenvalue weighted by Gasteiger charge is 2.22. The number of rotatable bonds is 9. The van der Waals surface area contributed by atoms with Crippen LogP contribution in [0.1, 0.15) is 59.3 Å². The number of amides is 1. The van der Waals surface area contributed by atoms with Crippen molar-refractivity contribution in [1.82, 2.24) is 5.32 Å². The number of carbonyl (C=O) groups is 3. The van der Waals surface area contributed by atoms with E-state index in [0.29, 0.717) is 25.7 Å². The lowest BCUT2D eigenvalue weighted by Crippen LogP contribution is -2.41. The molecule has 0 heterocycles. The van der Waals surface area contributed by atoms with Crippen LogP contribution in [0.2, 0.25) is 0 Å². The molecule has 6 heteroatoms. The molecule has 0 radical (unpaired) electrons. The van der Waals surface area contributed by atoms with Crippen molar-refractivity contribution < 1.29 is 24.6 Å². The quantitative estimate of drug-likeness (QED) is 0.563. The van der Waals surface area contributed by atoms with E-state index in [9.17, 15) is 14.4 Å². The summed E-state index contributed by atoms with van der Waals surface area (Å²) in [6.45, 7) is 5.73. The Balaban J connectivity index is 4.08. The third kappa shape index (κ3) is 10.3. The van der Waals surface area contributed by atoms with Crippen LogP contribution in [0.4, 0.5) is 0 Å². The molecule has 0 aromatic carbocycles. The summed E-state index contributed by atoms with van der Waals surface area (Å²) >= 11 is 0. The van der Waals surface area contributed by atoms with Crippen LogP contribution in [0, 0.1) is 5.41 Å². The van der Waals surface area contributed by atoms with E-state index in [0.717, 1.165) is 0 Å². The monoisotopic (exact) mass is 287 g/mol. The fraction of sp³-hybridized carbons (Fsp3) is 0.786. The first-order valence-corrected chi connectivity index (χ1v) is 6.86. The van der Waals surface area contributed by atoms with Gasteiger partial charge in [-0.1, -0.05) is 33.6 Å². The molecule has 6 nitrogen and oxygen atoms in total. The molecule has 0 aliphatic heterocycles. The number of nitrogens with one attached hydrogen (secondary N) is 1. The summed E-state index contributed by atoms with van der Waals surface area (Å²) in [6.07, 6.45) is 2.44. The normalized spacial score (nSPS) is 12.8. The first-order valence-electron chi connectivity index (χ1n) is 6.86. The molecule has 1 unspecified atom stereocenters. The third-order valence-electron chi connectivity index (χ3n) is 2.71. The van der Waals surface area contributed by atoms with Crippen molar-refractivity contribution in [3.05, 3.63) is 0 Å². The number of carboxylic acid groups (broad SMARTS) is 2. The van der Waals surface area contributed by atoms with Crippen molar-refractivity contribution in [2.45, 2.75) is 65.3 Å². The highest BCUT2D eigenvalue weighted by Crippen LogP contribution is 2.18. The fourth-order valence-corrected chi connectivity index (χ4v) is 1.79. The lowest BCUT2D eigenvalue weighted by Gasteiger charge is -2.20. The van der Waals surface area contributed by atoms with Crippen molar-refractivity contribution in [3.8, 4) is 0 Å². The Bertz CT molecular complexity index is 346. The molecule has 3 N–H and O–H groups in total. The van der Waals surface area contributed by atoms with Crippen LogP contribution >= 0.6 is 0 Å². The van der Waals surface area contributed by atoms with Crippen LogP contribution in [-0.4, -0.2) is 34.1 Å². The molecule has 0 fully saturated rings. The molecule has 0 saturated heterocycles. The van der Waals surface area contributed by atoms with Crippen LogP contribution in [0.5, 0.6) is 0 Å².